The number of hydrogen-bond acceptors (Lipinski definition) is 5. The van der Waals surface area contributed by atoms with E-state index in [1.165, 1.54) is 0 Å². The molecule has 0 radical (unpaired) electrons. The summed E-state index contributed by atoms with van der Waals surface area (Å²) in [6, 6.07) is 12.9. The van der Waals surface area contributed by atoms with E-state index in [4.69, 9.17) is 14.2 Å². The van der Waals surface area contributed by atoms with Crippen molar-refractivity contribution in [1.82, 2.24) is 16.0 Å². The minimum atomic E-state index is -0.104. The average molecular weight is 400 g/mol. The number of benzene rings is 2. The summed E-state index contributed by atoms with van der Waals surface area (Å²) < 4.78 is 16.1. The molecule has 0 atom stereocenters. The Morgan fingerprint density at radius 2 is 1.52 bits per heavy atom. The molecule has 0 aromatic heterocycles. The summed E-state index contributed by atoms with van der Waals surface area (Å²) in [6.07, 6.45) is 0. The Hall–Kier alpha value is -3.42. The minimum absolute atomic E-state index is 0.104. The number of nitrogens with one attached hydrogen (secondary N) is 3. The van der Waals surface area contributed by atoms with Crippen LogP contribution in [0.3, 0.4) is 0 Å². The van der Waals surface area contributed by atoms with Crippen LogP contribution in [-0.4, -0.2) is 53.3 Å². The van der Waals surface area contributed by atoms with Crippen molar-refractivity contribution in [2.75, 3.05) is 41.5 Å². The summed E-state index contributed by atoms with van der Waals surface area (Å²) in [5, 5.41) is 9.25. The highest BCUT2D eigenvalue weighted by Gasteiger charge is 2.13. The third-order valence-corrected chi connectivity index (χ3v) is 4.15. The Morgan fingerprint density at radius 1 is 0.897 bits per heavy atom. The summed E-state index contributed by atoms with van der Waals surface area (Å²) in [5.74, 6) is 2.25. The first-order chi connectivity index (χ1) is 14.1. The summed E-state index contributed by atoms with van der Waals surface area (Å²) in [4.78, 5) is 16.2. The molecular formula is C21H28N4O4. The Kier molecular flexibility index (Phi) is 8.62. The molecule has 8 nitrogen and oxygen atoms in total. The molecule has 3 N–H and O–H groups in total. The highest BCUT2D eigenvalue weighted by molar-refractivity contribution is 5.94. The zero-order valence-electron chi connectivity index (χ0n) is 17.2. The average Bonchev–Trinajstić information content (AvgIpc) is 2.78. The molecule has 0 saturated carbocycles. The van der Waals surface area contributed by atoms with Gasteiger partial charge in [0.25, 0.3) is 5.91 Å². The van der Waals surface area contributed by atoms with Crippen LogP contribution in [0.1, 0.15) is 15.9 Å². The van der Waals surface area contributed by atoms with Gasteiger partial charge in [0.1, 0.15) is 0 Å². The Bertz CT molecular complexity index is 800. The van der Waals surface area contributed by atoms with E-state index >= 15 is 0 Å². The summed E-state index contributed by atoms with van der Waals surface area (Å²) in [7, 11) is 6.42. The van der Waals surface area contributed by atoms with Crippen LogP contribution in [0, 0.1) is 0 Å². The molecule has 2 rings (SSSR count). The second kappa shape index (κ2) is 11.4. The molecule has 8 heteroatoms. The van der Waals surface area contributed by atoms with Crippen LogP contribution in [0.25, 0.3) is 0 Å². The second-order valence-electron chi connectivity index (χ2n) is 6.01. The van der Waals surface area contributed by atoms with Crippen LogP contribution in [0.4, 0.5) is 0 Å². The lowest BCUT2D eigenvalue weighted by Crippen LogP contribution is -2.41. The molecule has 0 saturated heterocycles. The van der Waals surface area contributed by atoms with Gasteiger partial charge in [0.05, 0.1) is 21.3 Å². The maximum absolute atomic E-state index is 12.0. The molecule has 0 fully saturated rings. The number of hydrogen-bond donors (Lipinski definition) is 3. The van der Waals surface area contributed by atoms with Gasteiger partial charge in [-0.2, -0.15) is 0 Å². The van der Waals surface area contributed by atoms with Gasteiger partial charge >= 0.3 is 0 Å². The third-order valence-electron chi connectivity index (χ3n) is 4.15. The fourth-order valence-corrected chi connectivity index (χ4v) is 2.69. The van der Waals surface area contributed by atoms with Crippen molar-refractivity contribution in [2.24, 2.45) is 4.99 Å². The van der Waals surface area contributed by atoms with E-state index in [0.717, 1.165) is 5.56 Å². The van der Waals surface area contributed by atoms with Gasteiger partial charge in [-0.3, -0.25) is 9.79 Å². The highest BCUT2D eigenvalue weighted by atomic mass is 16.5. The normalized spacial score (nSPS) is 10.8. The molecule has 0 spiro atoms. The van der Waals surface area contributed by atoms with Gasteiger partial charge in [0, 0.05) is 32.2 Å². The number of aliphatic imine (C=N–C) groups is 1. The monoisotopic (exact) mass is 400 g/mol. The van der Waals surface area contributed by atoms with E-state index in [1.54, 1.807) is 40.5 Å². The van der Waals surface area contributed by atoms with Crippen molar-refractivity contribution >= 4 is 11.9 Å². The second-order valence-corrected chi connectivity index (χ2v) is 6.01. The van der Waals surface area contributed by atoms with Crippen molar-refractivity contribution in [3.05, 3.63) is 53.6 Å². The Labute approximate surface area is 171 Å². The number of ether oxygens (including phenoxy) is 3. The van der Waals surface area contributed by atoms with E-state index in [9.17, 15) is 4.79 Å². The van der Waals surface area contributed by atoms with E-state index in [2.05, 4.69) is 20.9 Å². The van der Waals surface area contributed by atoms with Crippen molar-refractivity contribution < 1.29 is 19.0 Å². The molecule has 1 amide bonds. The molecule has 29 heavy (non-hydrogen) atoms. The first-order valence-corrected chi connectivity index (χ1v) is 9.19. The molecule has 0 aliphatic heterocycles. The zero-order chi connectivity index (χ0) is 21.1. The molecule has 0 aliphatic rings. The Morgan fingerprint density at radius 3 is 2.07 bits per heavy atom. The molecule has 0 heterocycles. The Balaban J connectivity index is 1.84. The lowest BCUT2D eigenvalue weighted by molar-refractivity contribution is 0.0954. The number of carbonyl (C=O) groups is 1. The van der Waals surface area contributed by atoms with E-state index < -0.39 is 0 Å². The number of amides is 1. The van der Waals surface area contributed by atoms with Crippen LogP contribution in [0.2, 0.25) is 0 Å². The predicted octanol–water partition coefficient (Wildman–Crippen LogP) is 1.81. The van der Waals surface area contributed by atoms with E-state index in [0.29, 0.717) is 48.4 Å². The quantitative estimate of drug-likeness (QED) is 0.338. The zero-order valence-corrected chi connectivity index (χ0v) is 17.2. The van der Waals surface area contributed by atoms with Gasteiger partial charge in [-0.15, -0.1) is 0 Å². The van der Waals surface area contributed by atoms with Crippen molar-refractivity contribution in [1.29, 1.82) is 0 Å². The smallest absolute Gasteiger partial charge is 0.251 e. The maximum Gasteiger partial charge on any atom is 0.251 e. The summed E-state index contributed by atoms with van der Waals surface area (Å²) in [5.41, 5.74) is 1.58. The summed E-state index contributed by atoms with van der Waals surface area (Å²) >= 11 is 0. The number of nitrogens with zero attached hydrogens (tertiary/aromatic N) is 1. The molecule has 2 aromatic rings. The SMILES string of the molecule is CN=C(NCCNC(=O)c1ccccc1)NCc1cc(OC)c(OC)c(OC)c1. The molecule has 0 bridgehead atoms. The molecule has 156 valence electrons. The molecule has 2 aromatic carbocycles. The third kappa shape index (κ3) is 6.31. The van der Waals surface area contributed by atoms with Gasteiger partial charge in [0.15, 0.2) is 17.5 Å². The van der Waals surface area contributed by atoms with Gasteiger partial charge in [-0.05, 0) is 29.8 Å². The molecular weight excluding hydrogens is 372 g/mol. The van der Waals surface area contributed by atoms with Crippen molar-refractivity contribution in [2.45, 2.75) is 6.54 Å². The van der Waals surface area contributed by atoms with Crippen LogP contribution < -0.4 is 30.2 Å². The molecule has 0 unspecified atom stereocenters. The minimum Gasteiger partial charge on any atom is -0.493 e. The number of rotatable bonds is 9. The number of carbonyl (C=O) groups excluding carboxylic acids is 1. The van der Waals surface area contributed by atoms with Crippen LogP contribution in [-0.2, 0) is 6.54 Å². The first-order valence-electron chi connectivity index (χ1n) is 9.19. The van der Waals surface area contributed by atoms with E-state index in [1.807, 2.05) is 30.3 Å². The van der Waals surface area contributed by atoms with Gasteiger partial charge < -0.3 is 30.2 Å². The number of guanidine groups is 1. The first kappa shape index (κ1) is 21.9. The van der Waals surface area contributed by atoms with Crippen LogP contribution in [0.15, 0.2) is 47.5 Å². The van der Waals surface area contributed by atoms with Crippen LogP contribution >= 0.6 is 0 Å². The van der Waals surface area contributed by atoms with Gasteiger partial charge in [-0.25, -0.2) is 0 Å². The fourth-order valence-electron chi connectivity index (χ4n) is 2.69. The fraction of sp³-hybridized carbons (Fsp3) is 0.333. The van der Waals surface area contributed by atoms with Gasteiger partial charge in [0.2, 0.25) is 5.75 Å². The standard InChI is InChI=1S/C21H28N4O4/c1-22-21(24-11-10-23-20(26)16-8-6-5-7-9-16)25-14-15-12-17(27-2)19(29-4)18(13-15)28-3/h5-9,12-13H,10-11,14H2,1-4H3,(H,23,26)(H2,22,24,25). The largest absolute Gasteiger partial charge is 0.493 e. The summed E-state index contributed by atoms with van der Waals surface area (Å²) in [6.45, 7) is 1.51. The van der Waals surface area contributed by atoms with Crippen molar-refractivity contribution in [3.8, 4) is 17.2 Å². The van der Waals surface area contributed by atoms with Crippen molar-refractivity contribution in [3.63, 3.8) is 0 Å². The lowest BCUT2D eigenvalue weighted by atomic mass is 10.2. The molecule has 0 aliphatic carbocycles. The lowest BCUT2D eigenvalue weighted by Gasteiger charge is -2.16. The van der Waals surface area contributed by atoms with E-state index in [-0.39, 0.29) is 5.91 Å². The maximum atomic E-state index is 12.0. The van der Waals surface area contributed by atoms with Crippen LogP contribution in [0.5, 0.6) is 17.2 Å². The predicted molar refractivity (Wildman–Crippen MR) is 113 cm³/mol. The highest BCUT2D eigenvalue weighted by Crippen LogP contribution is 2.38. The number of methoxy groups -OCH3 is 3. The topological polar surface area (TPSA) is 93.2 Å². The van der Waals surface area contributed by atoms with Gasteiger partial charge in [-0.1, -0.05) is 18.2 Å².